The van der Waals surface area contributed by atoms with Gasteiger partial charge in [-0.25, -0.2) is 0 Å². The third-order valence-corrected chi connectivity index (χ3v) is 3.81. The molecule has 0 spiro atoms. The normalized spacial score (nSPS) is 14.2. The van der Waals surface area contributed by atoms with Crippen molar-refractivity contribution in [1.82, 2.24) is 5.32 Å². The van der Waals surface area contributed by atoms with Gasteiger partial charge in [-0.1, -0.05) is 36.2 Å². The van der Waals surface area contributed by atoms with Crippen molar-refractivity contribution in [3.05, 3.63) is 39.9 Å². The van der Waals surface area contributed by atoms with E-state index in [0.717, 1.165) is 12.0 Å². The summed E-state index contributed by atoms with van der Waals surface area (Å²) in [6.45, 7) is 3.91. The molecule has 110 valence electrons. The monoisotopic (exact) mass is 315 g/mol. The van der Waals surface area contributed by atoms with Gasteiger partial charge in [0.05, 0.1) is 0 Å². The van der Waals surface area contributed by atoms with Gasteiger partial charge in [0, 0.05) is 28.3 Å². The third-order valence-electron chi connectivity index (χ3n) is 3.25. The number of amides is 1. The molecule has 0 bridgehead atoms. The number of rotatable bonds is 6. The smallest absolute Gasteiger partial charge is 0.244 e. The Bertz CT molecular complexity index is 503. The van der Waals surface area contributed by atoms with Crippen molar-refractivity contribution in [2.45, 2.75) is 32.2 Å². The van der Waals surface area contributed by atoms with Crippen molar-refractivity contribution >= 4 is 35.2 Å². The van der Waals surface area contributed by atoms with Gasteiger partial charge in [0.15, 0.2) is 0 Å². The Balaban J connectivity index is 2.72. The van der Waals surface area contributed by atoms with E-state index in [2.05, 4.69) is 5.32 Å². The zero-order chi connectivity index (χ0) is 15.2. The highest BCUT2D eigenvalue weighted by Gasteiger charge is 2.22. The van der Waals surface area contributed by atoms with Crippen molar-refractivity contribution < 1.29 is 9.90 Å². The molecule has 0 aliphatic rings. The Morgan fingerprint density at radius 1 is 1.45 bits per heavy atom. The molecule has 1 rings (SSSR count). The Hall–Kier alpha value is -1.03. The number of aliphatic hydroxyl groups is 1. The van der Waals surface area contributed by atoms with E-state index >= 15 is 0 Å². The number of hydrogen-bond donors (Lipinski definition) is 2. The largest absolute Gasteiger partial charge is 0.396 e. The van der Waals surface area contributed by atoms with Crippen molar-refractivity contribution in [2.24, 2.45) is 0 Å². The van der Waals surface area contributed by atoms with Gasteiger partial charge in [-0.2, -0.15) is 0 Å². The van der Waals surface area contributed by atoms with E-state index in [9.17, 15) is 4.79 Å². The average Bonchev–Trinajstić information content (AvgIpc) is 2.38. The molecule has 20 heavy (non-hydrogen) atoms. The summed E-state index contributed by atoms with van der Waals surface area (Å²) in [6.07, 6.45) is 4.34. The second-order valence-corrected chi connectivity index (χ2v) is 5.72. The van der Waals surface area contributed by atoms with Crippen LogP contribution in [0.15, 0.2) is 24.3 Å². The van der Waals surface area contributed by atoms with Gasteiger partial charge in [0.25, 0.3) is 0 Å². The number of nitrogens with one attached hydrogen (secondary N) is 1. The summed E-state index contributed by atoms with van der Waals surface area (Å²) in [5.41, 5.74) is 0.325. The molecular weight excluding hydrogens is 297 g/mol. The molecule has 0 heterocycles. The Labute approximate surface area is 129 Å². The van der Waals surface area contributed by atoms with E-state index in [-0.39, 0.29) is 12.5 Å². The van der Waals surface area contributed by atoms with Crippen molar-refractivity contribution in [3.63, 3.8) is 0 Å². The summed E-state index contributed by atoms with van der Waals surface area (Å²) in [6, 6.07) is 5.09. The number of hydrogen-bond acceptors (Lipinski definition) is 2. The summed E-state index contributed by atoms with van der Waals surface area (Å²) in [4.78, 5) is 11.9. The standard InChI is InChI=1S/C15H19Cl2NO2/c1-3-15(2,8-9-19)18-14(20)7-5-11-4-6-12(16)10-13(11)17/h4-7,10,19H,3,8-9H2,1-2H3,(H,18,20)/b7-5+. The fraction of sp³-hybridized carbons (Fsp3) is 0.400. The van der Waals surface area contributed by atoms with Crippen LogP contribution in [0.25, 0.3) is 6.08 Å². The van der Waals surface area contributed by atoms with E-state index in [1.165, 1.54) is 6.08 Å². The number of halogens is 2. The highest BCUT2D eigenvalue weighted by atomic mass is 35.5. The Morgan fingerprint density at radius 2 is 2.15 bits per heavy atom. The summed E-state index contributed by atoms with van der Waals surface area (Å²) < 4.78 is 0. The quantitative estimate of drug-likeness (QED) is 0.787. The number of benzene rings is 1. The van der Waals surface area contributed by atoms with Crippen LogP contribution in [0.4, 0.5) is 0 Å². The molecule has 0 aliphatic carbocycles. The van der Waals surface area contributed by atoms with Crippen molar-refractivity contribution in [3.8, 4) is 0 Å². The zero-order valence-electron chi connectivity index (χ0n) is 11.6. The first kappa shape index (κ1) is 17.0. The lowest BCUT2D eigenvalue weighted by Gasteiger charge is -2.28. The predicted molar refractivity (Wildman–Crippen MR) is 84.0 cm³/mol. The van der Waals surface area contributed by atoms with Crippen LogP contribution in [0.2, 0.25) is 10.0 Å². The first-order valence-electron chi connectivity index (χ1n) is 6.46. The predicted octanol–water partition coefficient (Wildman–Crippen LogP) is 3.67. The summed E-state index contributed by atoms with van der Waals surface area (Å²) in [7, 11) is 0. The van der Waals surface area contributed by atoms with Crippen LogP contribution in [-0.4, -0.2) is 23.2 Å². The Morgan fingerprint density at radius 3 is 2.70 bits per heavy atom. The van der Waals surface area contributed by atoms with Crippen LogP contribution in [0.1, 0.15) is 32.3 Å². The summed E-state index contributed by atoms with van der Waals surface area (Å²) in [5.74, 6) is -0.214. The van der Waals surface area contributed by atoms with Crippen LogP contribution in [0.3, 0.4) is 0 Å². The highest BCUT2D eigenvalue weighted by Crippen LogP contribution is 2.22. The molecule has 0 saturated carbocycles. The molecule has 0 aliphatic heterocycles. The van der Waals surface area contributed by atoms with Gasteiger partial charge < -0.3 is 10.4 Å². The molecule has 2 N–H and O–H groups in total. The molecule has 1 aromatic rings. The maximum atomic E-state index is 11.9. The van der Waals surface area contributed by atoms with Crippen molar-refractivity contribution in [2.75, 3.05) is 6.61 Å². The van der Waals surface area contributed by atoms with Crippen LogP contribution in [-0.2, 0) is 4.79 Å². The molecule has 0 fully saturated rings. The molecule has 5 heteroatoms. The van der Waals surface area contributed by atoms with Gasteiger partial charge in [-0.05, 0) is 43.5 Å². The van der Waals surface area contributed by atoms with Gasteiger partial charge in [0.2, 0.25) is 5.91 Å². The molecule has 0 saturated heterocycles. The van der Waals surface area contributed by atoms with Gasteiger partial charge in [-0.15, -0.1) is 0 Å². The molecule has 1 aromatic carbocycles. The first-order valence-corrected chi connectivity index (χ1v) is 7.22. The summed E-state index contributed by atoms with van der Waals surface area (Å²) in [5, 5.41) is 13.0. The molecule has 1 amide bonds. The van der Waals surface area contributed by atoms with Crippen molar-refractivity contribution in [1.29, 1.82) is 0 Å². The van der Waals surface area contributed by atoms with Crippen LogP contribution < -0.4 is 5.32 Å². The minimum absolute atomic E-state index is 0.0390. The third kappa shape index (κ3) is 5.16. The lowest BCUT2D eigenvalue weighted by Crippen LogP contribution is -2.45. The van der Waals surface area contributed by atoms with Crippen LogP contribution in [0, 0.1) is 0 Å². The second-order valence-electron chi connectivity index (χ2n) is 4.88. The topological polar surface area (TPSA) is 49.3 Å². The molecule has 0 aromatic heterocycles. The maximum Gasteiger partial charge on any atom is 0.244 e. The van der Waals surface area contributed by atoms with E-state index in [4.69, 9.17) is 28.3 Å². The van der Waals surface area contributed by atoms with Crippen LogP contribution in [0.5, 0.6) is 0 Å². The minimum atomic E-state index is -0.403. The first-order chi connectivity index (χ1) is 9.40. The van der Waals surface area contributed by atoms with E-state index in [1.54, 1.807) is 24.3 Å². The van der Waals surface area contributed by atoms with Crippen LogP contribution >= 0.6 is 23.2 Å². The van der Waals surface area contributed by atoms with E-state index < -0.39 is 5.54 Å². The van der Waals surface area contributed by atoms with E-state index in [0.29, 0.717) is 16.5 Å². The fourth-order valence-electron chi connectivity index (χ4n) is 1.72. The average molecular weight is 316 g/mol. The Kier molecular flexibility index (Phi) is 6.53. The van der Waals surface area contributed by atoms with Gasteiger partial charge in [-0.3, -0.25) is 4.79 Å². The molecule has 1 atom stereocenters. The van der Waals surface area contributed by atoms with Gasteiger partial charge in [0.1, 0.15) is 0 Å². The number of carbonyl (C=O) groups excluding carboxylic acids is 1. The zero-order valence-corrected chi connectivity index (χ0v) is 13.1. The number of aliphatic hydroxyl groups excluding tert-OH is 1. The van der Waals surface area contributed by atoms with E-state index in [1.807, 2.05) is 13.8 Å². The lowest BCUT2D eigenvalue weighted by molar-refractivity contribution is -0.118. The minimum Gasteiger partial charge on any atom is -0.396 e. The highest BCUT2D eigenvalue weighted by molar-refractivity contribution is 6.35. The lowest BCUT2D eigenvalue weighted by atomic mass is 9.95. The molecule has 1 unspecified atom stereocenters. The second kappa shape index (κ2) is 7.67. The SMILES string of the molecule is CCC(C)(CCO)NC(=O)/C=C/c1ccc(Cl)cc1Cl. The molecule has 0 radical (unpaired) electrons. The molecule has 3 nitrogen and oxygen atoms in total. The number of carbonyl (C=O) groups is 1. The maximum absolute atomic E-state index is 11.9. The fourth-order valence-corrected chi connectivity index (χ4v) is 2.19. The summed E-state index contributed by atoms with van der Waals surface area (Å²) >= 11 is 11.8. The molecular formula is C15H19Cl2NO2. The van der Waals surface area contributed by atoms with Gasteiger partial charge >= 0.3 is 0 Å².